The Hall–Kier alpha value is -3.28. The minimum absolute atomic E-state index is 0.0809. The van der Waals surface area contributed by atoms with Crippen molar-refractivity contribution in [3.8, 4) is 22.8 Å². The molecule has 0 spiro atoms. The fraction of sp³-hybridized carbons (Fsp3) is 0.238. The maximum Gasteiger partial charge on any atom is 0.251 e. The third kappa shape index (κ3) is 3.65. The number of rotatable bonds is 5. The molecule has 1 aromatic heterocycles. The normalized spacial score (nSPS) is 15.5. The van der Waals surface area contributed by atoms with Crippen LogP contribution >= 0.6 is 0 Å². The number of hydrogen-bond acceptors (Lipinski definition) is 4. The van der Waals surface area contributed by atoms with Crippen molar-refractivity contribution in [3.05, 3.63) is 65.9 Å². The van der Waals surface area contributed by atoms with Crippen molar-refractivity contribution in [2.24, 2.45) is 5.92 Å². The maximum absolute atomic E-state index is 12.4. The third-order valence-electron chi connectivity index (χ3n) is 4.76. The van der Waals surface area contributed by atoms with Crippen molar-refractivity contribution in [2.45, 2.75) is 6.42 Å². The van der Waals surface area contributed by atoms with Gasteiger partial charge in [-0.25, -0.2) is 0 Å². The average molecular weight is 363 g/mol. The number of fused-ring (bicyclic) bond motifs is 1. The zero-order valence-electron chi connectivity index (χ0n) is 15.1. The van der Waals surface area contributed by atoms with Crippen molar-refractivity contribution in [1.82, 2.24) is 15.5 Å². The Labute approximate surface area is 157 Å². The van der Waals surface area contributed by atoms with Crippen molar-refractivity contribution in [1.29, 1.82) is 0 Å². The quantitative estimate of drug-likeness (QED) is 0.730. The number of nitrogens with zero attached hydrogens (tertiary/aromatic N) is 1. The Balaban J connectivity index is 1.35. The van der Waals surface area contributed by atoms with Gasteiger partial charge in [-0.3, -0.25) is 9.89 Å². The van der Waals surface area contributed by atoms with Crippen LogP contribution in [0.4, 0.5) is 0 Å². The molecule has 1 atom stereocenters. The molecule has 6 nitrogen and oxygen atoms in total. The number of carbonyl (C=O) groups is 1. The molecule has 138 valence electrons. The molecule has 0 aliphatic carbocycles. The van der Waals surface area contributed by atoms with Crippen LogP contribution in [0.3, 0.4) is 0 Å². The summed E-state index contributed by atoms with van der Waals surface area (Å²) in [4.78, 5) is 12.4. The average Bonchev–Trinajstić information content (AvgIpc) is 3.26. The summed E-state index contributed by atoms with van der Waals surface area (Å²) in [6.45, 7) is 1.13. The maximum atomic E-state index is 12.4. The van der Waals surface area contributed by atoms with Crippen molar-refractivity contribution in [3.63, 3.8) is 0 Å². The first-order valence-electron chi connectivity index (χ1n) is 8.91. The van der Waals surface area contributed by atoms with Crippen molar-refractivity contribution in [2.75, 3.05) is 20.3 Å². The predicted molar refractivity (Wildman–Crippen MR) is 102 cm³/mol. The molecule has 0 bridgehead atoms. The first-order valence-corrected chi connectivity index (χ1v) is 8.91. The van der Waals surface area contributed by atoms with Crippen molar-refractivity contribution < 1.29 is 14.3 Å². The molecule has 1 aliphatic heterocycles. The molecule has 1 amide bonds. The predicted octanol–water partition coefficient (Wildman–Crippen LogP) is 3.07. The van der Waals surface area contributed by atoms with Crippen molar-refractivity contribution >= 4 is 5.91 Å². The summed E-state index contributed by atoms with van der Waals surface area (Å²) in [6, 6.07) is 15.3. The lowest BCUT2D eigenvalue weighted by atomic mass is 9.96. The first kappa shape index (κ1) is 17.1. The Kier molecular flexibility index (Phi) is 4.78. The van der Waals surface area contributed by atoms with E-state index in [-0.39, 0.29) is 11.8 Å². The summed E-state index contributed by atoms with van der Waals surface area (Å²) >= 11 is 0. The third-order valence-corrected chi connectivity index (χ3v) is 4.76. The molecule has 0 radical (unpaired) electrons. The highest BCUT2D eigenvalue weighted by Crippen LogP contribution is 2.35. The van der Waals surface area contributed by atoms with Crippen LogP contribution in [0.5, 0.6) is 11.5 Å². The zero-order chi connectivity index (χ0) is 18.6. The van der Waals surface area contributed by atoms with Gasteiger partial charge in [-0.05, 0) is 41.8 Å². The number of nitrogens with one attached hydrogen (secondary N) is 2. The van der Waals surface area contributed by atoms with Gasteiger partial charge in [0, 0.05) is 24.2 Å². The Morgan fingerprint density at radius 1 is 1.26 bits per heavy atom. The van der Waals surface area contributed by atoms with Gasteiger partial charge >= 0.3 is 0 Å². The van der Waals surface area contributed by atoms with E-state index < -0.39 is 0 Å². The summed E-state index contributed by atoms with van der Waals surface area (Å²) in [6.07, 6.45) is 2.56. The van der Waals surface area contributed by atoms with E-state index in [1.165, 1.54) is 0 Å². The Morgan fingerprint density at radius 3 is 2.85 bits per heavy atom. The number of methoxy groups -OCH3 is 1. The minimum Gasteiger partial charge on any atom is -0.493 e. The largest absolute Gasteiger partial charge is 0.493 e. The molecule has 0 fully saturated rings. The smallest absolute Gasteiger partial charge is 0.251 e. The van der Waals surface area contributed by atoms with E-state index in [0.29, 0.717) is 18.7 Å². The van der Waals surface area contributed by atoms with Gasteiger partial charge in [0.05, 0.1) is 19.4 Å². The van der Waals surface area contributed by atoms with Crippen LogP contribution in [0, 0.1) is 5.92 Å². The van der Waals surface area contributed by atoms with E-state index >= 15 is 0 Å². The molecule has 3 aromatic rings. The van der Waals surface area contributed by atoms with Gasteiger partial charge in [0.1, 0.15) is 0 Å². The van der Waals surface area contributed by atoms with E-state index in [2.05, 4.69) is 15.5 Å². The van der Waals surface area contributed by atoms with Crippen LogP contribution in [0.1, 0.15) is 15.9 Å². The van der Waals surface area contributed by atoms with Crippen LogP contribution in [-0.4, -0.2) is 36.4 Å². The summed E-state index contributed by atoms with van der Waals surface area (Å²) < 4.78 is 11.2. The number of benzene rings is 2. The fourth-order valence-electron chi connectivity index (χ4n) is 3.31. The molecule has 2 heterocycles. The van der Waals surface area contributed by atoms with E-state index in [1.54, 1.807) is 13.3 Å². The second-order valence-corrected chi connectivity index (χ2v) is 6.59. The molecular formula is C21H21N3O3. The van der Waals surface area contributed by atoms with Crippen LogP contribution in [0.2, 0.25) is 0 Å². The fourth-order valence-corrected chi connectivity index (χ4v) is 3.31. The van der Waals surface area contributed by atoms with Crippen LogP contribution in [0.15, 0.2) is 54.7 Å². The lowest BCUT2D eigenvalue weighted by molar-refractivity contribution is 0.0938. The number of carbonyl (C=O) groups excluding carboxylic acids is 1. The summed E-state index contributed by atoms with van der Waals surface area (Å²) in [5, 5.41) is 9.87. The highest BCUT2D eigenvalue weighted by molar-refractivity contribution is 5.94. The summed E-state index contributed by atoms with van der Waals surface area (Å²) in [5.74, 6) is 1.73. The van der Waals surface area contributed by atoms with E-state index in [0.717, 1.165) is 34.7 Å². The topological polar surface area (TPSA) is 76.2 Å². The molecule has 27 heavy (non-hydrogen) atoms. The monoisotopic (exact) mass is 363 g/mol. The molecule has 0 saturated heterocycles. The molecule has 0 unspecified atom stereocenters. The molecule has 0 saturated carbocycles. The highest BCUT2D eigenvalue weighted by atomic mass is 16.5. The van der Waals surface area contributed by atoms with Gasteiger partial charge in [-0.1, -0.05) is 24.3 Å². The summed E-state index contributed by atoms with van der Waals surface area (Å²) in [5.41, 5.74) is 3.67. The Bertz CT molecular complexity index is 920. The van der Waals surface area contributed by atoms with Gasteiger partial charge in [-0.15, -0.1) is 0 Å². The number of H-pyrrole nitrogens is 1. The van der Waals surface area contributed by atoms with Gasteiger partial charge in [0.2, 0.25) is 0 Å². The van der Waals surface area contributed by atoms with Gasteiger partial charge < -0.3 is 14.8 Å². The van der Waals surface area contributed by atoms with E-state index in [4.69, 9.17) is 9.47 Å². The van der Waals surface area contributed by atoms with E-state index in [9.17, 15) is 4.79 Å². The second kappa shape index (κ2) is 7.53. The number of amides is 1. The lowest BCUT2D eigenvalue weighted by Crippen LogP contribution is -2.34. The number of aromatic nitrogens is 2. The first-order chi connectivity index (χ1) is 13.2. The minimum atomic E-state index is -0.0809. The molecule has 2 N–H and O–H groups in total. The molecule has 2 aromatic carbocycles. The van der Waals surface area contributed by atoms with Gasteiger partial charge in [-0.2, -0.15) is 5.10 Å². The summed E-state index contributed by atoms with van der Waals surface area (Å²) in [7, 11) is 1.64. The number of ether oxygens (including phenoxy) is 2. The Morgan fingerprint density at radius 2 is 2.11 bits per heavy atom. The van der Waals surface area contributed by atoms with E-state index in [1.807, 2.05) is 48.5 Å². The molecular weight excluding hydrogens is 342 g/mol. The number of hydrogen-bond donors (Lipinski definition) is 2. The van der Waals surface area contributed by atoms with Gasteiger partial charge in [0.15, 0.2) is 11.5 Å². The SMILES string of the molecule is COc1cccc2c1OC[C@@H](CNC(=O)c1ccc(-c3ccn[nH]3)cc1)C2. The van der Waals surface area contributed by atoms with Crippen LogP contribution in [0.25, 0.3) is 11.3 Å². The standard InChI is InChI=1S/C21H21N3O3/c1-26-19-4-2-3-17-11-14(13-27-20(17)19)12-22-21(25)16-7-5-15(6-8-16)18-9-10-23-24-18/h2-10,14H,11-13H2,1H3,(H,22,25)(H,23,24)/t14-/m1/s1. The molecule has 6 heteroatoms. The zero-order valence-corrected chi connectivity index (χ0v) is 15.1. The molecule has 1 aliphatic rings. The van der Waals surface area contributed by atoms with Crippen LogP contribution in [-0.2, 0) is 6.42 Å². The number of para-hydroxylation sites is 1. The second-order valence-electron chi connectivity index (χ2n) is 6.59. The highest BCUT2D eigenvalue weighted by Gasteiger charge is 2.23. The van der Waals surface area contributed by atoms with Crippen LogP contribution < -0.4 is 14.8 Å². The lowest BCUT2D eigenvalue weighted by Gasteiger charge is -2.26. The number of aromatic amines is 1. The molecule has 4 rings (SSSR count). The van der Waals surface area contributed by atoms with Gasteiger partial charge in [0.25, 0.3) is 5.91 Å².